The third-order valence-corrected chi connectivity index (χ3v) is 7.18. The highest BCUT2D eigenvalue weighted by molar-refractivity contribution is 5.99. The van der Waals surface area contributed by atoms with Crippen LogP contribution >= 0.6 is 0 Å². The molecule has 36 heavy (non-hydrogen) atoms. The first-order chi connectivity index (χ1) is 17.3. The van der Waals surface area contributed by atoms with Crippen molar-refractivity contribution < 1.29 is 27.8 Å². The Hall–Kier alpha value is -2.62. The van der Waals surface area contributed by atoms with E-state index in [4.69, 9.17) is 4.74 Å². The second kappa shape index (κ2) is 11.6. The van der Waals surface area contributed by atoms with Crippen molar-refractivity contribution in [3.63, 3.8) is 0 Å². The predicted molar refractivity (Wildman–Crippen MR) is 132 cm³/mol. The Morgan fingerprint density at radius 2 is 1.72 bits per heavy atom. The van der Waals surface area contributed by atoms with E-state index in [-0.39, 0.29) is 24.2 Å². The molecule has 0 bridgehead atoms. The molecule has 0 spiro atoms. The maximum atomic E-state index is 14.0. The molecule has 2 heterocycles. The molecule has 0 aliphatic carbocycles. The molecule has 6 nitrogen and oxygen atoms in total. The number of fused-ring (bicyclic) bond motifs is 1. The zero-order valence-electron chi connectivity index (χ0n) is 20.6. The molecule has 196 valence electrons. The van der Waals surface area contributed by atoms with Crippen LogP contribution in [0.15, 0.2) is 42.5 Å². The number of methoxy groups -OCH3 is 1. The van der Waals surface area contributed by atoms with Crippen LogP contribution in [0.25, 0.3) is 0 Å². The quantitative estimate of drug-likeness (QED) is 0.534. The first-order valence-corrected chi connectivity index (χ1v) is 12.5. The van der Waals surface area contributed by atoms with E-state index in [0.717, 1.165) is 32.2 Å². The van der Waals surface area contributed by atoms with Gasteiger partial charge >= 0.3 is 6.18 Å². The van der Waals surface area contributed by atoms with E-state index < -0.39 is 29.7 Å². The van der Waals surface area contributed by atoms with E-state index in [1.54, 1.807) is 30.3 Å². The molecule has 0 aromatic heterocycles. The molecule has 1 saturated heterocycles. The van der Waals surface area contributed by atoms with Crippen molar-refractivity contribution in [1.82, 2.24) is 10.2 Å². The largest absolute Gasteiger partial charge is 0.497 e. The van der Waals surface area contributed by atoms with Gasteiger partial charge in [-0.2, -0.15) is 13.2 Å². The molecule has 4 rings (SSSR count). The van der Waals surface area contributed by atoms with Gasteiger partial charge < -0.3 is 25.0 Å². The number of hydrogen-bond acceptors (Lipinski definition) is 5. The molecular weight excluding hydrogens is 471 g/mol. The van der Waals surface area contributed by atoms with Crippen molar-refractivity contribution in [2.24, 2.45) is 0 Å². The number of rotatable bonds is 8. The topological polar surface area (TPSA) is 65.0 Å². The summed E-state index contributed by atoms with van der Waals surface area (Å²) in [7, 11) is 1.52. The molecule has 0 saturated carbocycles. The minimum absolute atomic E-state index is 0.0315. The monoisotopic (exact) mass is 505 g/mol. The number of anilines is 1. The van der Waals surface area contributed by atoms with Crippen LogP contribution in [-0.2, 0) is 17.4 Å². The Morgan fingerprint density at radius 3 is 2.39 bits per heavy atom. The Morgan fingerprint density at radius 1 is 1.03 bits per heavy atom. The fourth-order valence-corrected chi connectivity index (χ4v) is 5.21. The third-order valence-electron chi connectivity index (χ3n) is 7.18. The number of aliphatic hydroxyl groups is 1. The highest BCUT2D eigenvalue weighted by Gasteiger charge is 2.41. The van der Waals surface area contributed by atoms with E-state index in [0.29, 0.717) is 17.9 Å². The van der Waals surface area contributed by atoms with Crippen molar-refractivity contribution in [3.05, 3.63) is 59.2 Å². The number of aliphatic hydroxyl groups excluding tert-OH is 1. The average molecular weight is 506 g/mol. The Bertz CT molecular complexity index is 1020. The maximum Gasteiger partial charge on any atom is 0.416 e. The summed E-state index contributed by atoms with van der Waals surface area (Å²) in [5.74, 6) is -0.823. The van der Waals surface area contributed by atoms with Crippen molar-refractivity contribution >= 4 is 11.6 Å². The summed E-state index contributed by atoms with van der Waals surface area (Å²) >= 11 is 0. The molecule has 1 unspecified atom stereocenters. The van der Waals surface area contributed by atoms with Crippen LogP contribution < -0.4 is 15.0 Å². The average Bonchev–Trinajstić information content (AvgIpc) is 2.98. The highest BCUT2D eigenvalue weighted by atomic mass is 19.4. The molecule has 2 N–H and O–H groups in total. The van der Waals surface area contributed by atoms with Crippen LogP contribution in [0, 0.1) is 0 Å². The van der Waals surface area contributed by atoms with Gasteiger partial charge in [0.15, 0.2) is 0 Å². The summed E-state index contributed by atoms with van der Waals surface area (Å²) in [6.45, 7) is 4.37. The standard InChI is InChI=1S/C27H34F3N3O3/c1-36-20-10-8-19(9-11-20)21-18-22-23(27(28,29)30)6-5-7-24(22)33(26(35)25(21)34)17-13-31-12-16-32-14-3-2-4-15-32/h5-11,21,25,31,34H,2-4,12-18H2,1H3/t21?,25-/m1/s1. The Balaban J connectivity index is 1.56. The van der Waals surface area contributed by atoms with E-state index in [2.05, 4.69) is 10.2 Å². The number of benzene rings is 2. The van der Waals surface area contributed by atoms with Gasteiger partial charge in [-0.3, -0.25) is 4.79 Å². The van der Waals surface area contributed by atoms with Crippen molar-refractivity contribution in [3.8, 4) is 5.75 Å². The minimum atomic E-state index is -4.58. The first kappa shape index (κ1) is 26.4. The molecule has 2 aromatic rings. The van der Waals surface area contributed by atoms with Crippen molar-refractivity contribution in [2.75, 3.05) is 51.3 Å². The number of carbonyl (C=O) groups is 1. The molecular formula is C27H34F3N3O3. The predicted octanol–water partition coefficient (Wildman–Crippen LogP) is 3.82. The number of carbonyl (C=O) groups excluding carboxylic acids is 1. The molecule has 2 aromatic carbocycles. The fraction of sp³-hybridized carbons (Fsp3) is 0.519. The fourth-order valence-electron chi connectivity index (χ4n) is 5.21. The highest BCUT2D eigenvalue weighted by Crippen LogP contribution is 2.42. The summed E-state index contributed by atoms with van der Waals surface area (Å²) in [4.78, 5) is 17.1. The molecule has 9 heteroatoms. The van der Waals surface area contributed by atoms with Gasteiger partial charge in [-0.1, -0.05) is 24.6 Å². The zero-order chi connectivity index (χ0) is 25.7. The maximum absolute atomic E-state index is 14.0. The summed E-state index contributed by atoms with van der Waals surface area (Å²) in [5, 5.41) is 14.4. The third kappa shape index (κ3) is 6.02. The van der Waals surface area contributed by atoms with Crippen LogP contribution in [0.1, 0.15) is 41.9 Å². The van der Waals surface area contributed by atoms with Crippen molar-refractivity contribution in [2.45, 2.75) is 43.9 Å². The molecule has 2 aliphatic rings. The summed E-state index contributed by atoms with van der Waals surface area (Å²) in [5.41, 5.74) is 0.0521. The number of piperidine rings is 1. The lowest BCUT2D eigenvalue weighted by molar-refractivity contribution is -0.138. The Labute approximate surface area is 210 Å². The van der Waals surface area contributed by atoms with E-state index in [1.165, 1.54) is 37.3 Å². The number of halogens is 3. The number of nitrogens with one attached hydrogen (secondary N) is 1. The van der Waals surface area contributed by atoms with Gasteiger partial charge in [0, 0.05) is 37.8 Å². The Kier molecular flexibility index (Phi) is 8.54. The number of likely N-dealkylation sites (tertiary alicyclic amines) is 1. The van der Waals surface area contributed by atoms with Crippen molar-refractivity contribution in [1.29, 1.82) is 0 Å². The first-order valence-electron chi connectivity index (χ1n) is 12.5. The van der Waals surface area contributed by atoms with Crippen LogP contribution in [0.3, 0.4) is 0 Å². The van der Waals surface area contributed by atoms with E-state index >= 15 is 0 Å². The number of nitrogens with zero attached hydrogens (tertiary/aromatic N) is 2. The van der Waals surface area contributed by atoms with Gasteiger partial charge in [0.1, 0.15) is 11.9 Å². The van der Waals surface area contributed by atoms with Crippen LogP contribution in [0.5, 0.6) is 5.75 Å². The normalized spacial score (nSPS) is 21.2. The van der Waals surface area contributed by atoms with Crippen LogP contribution in [0.2, 0.25) is 0 Å². The second-order valence-electron chi connectivity index (χ2n) is 9.47. The number of ether oxygens (including phenoxy) is 1. The van der Waals surface area contributed by atoms with E-state index in [1.807, 2.05) is 0 Å². The van der Waals surface area contributed by atoms with Crippen LogP contribution in [0.4, 0.5) is 18.9 Å². The lowest BCUT2D eigenvalue weighted by Gasteiger charge is -2.28. The smallest absolute Gasteiger partial charge is 0.416 e. The summed E-state index contributed by atoms with van der Waals surface area (Å²) in [6.07, 6.45) is -2.49. The van der Waals surface area contributed by atoms with Gasteiger partial charge in [0.05, 0.1) is 12.7 Å². The van der Waals surface area contributed by atoms with Crippen LogP contribution in [-0.4, -0.2) is 68.4 Å². The minimum Gasteiger partial charge on any atom is -0.497 e. The summed E-state index contributed by atoms with van der Waals surface area (Å²) < 4.78 is 47.1. The SMILES string of the molecule is COc1ccc(C2Cc3c(cccc3C(F)(F)F)N(CCNCCN3CCCCC3)C(=O)[C@@H]2O)cc1. The number of hydrogen-bond donors (Lipinski definition) is 2. The number of amides is 1. The summed E-state index contributed by atoms with van der Waals surface area (Å²) in [6, 6.07) is 10.6. The molecule has 2 atom stereocenters. The lowest BCUT2D eigenvalue weighted by Crippen LogP contribution is -2.44. The second-order valence-corrected chi connectivity index (χ2v) is 9.47. The molecule has 1 fully saturated rings. The molecule has 2 aliphatic heterocycles. The van der Waals surface area contributed by atoms with Gasteiger partial charge in [0.2, 0.25) is 0 Å². The molecule has 0 radical (unpaired) electrons. The lowest BCUT2D eigenvalue weighted by atomic mass is 9.86. The zero-order valence-corrected chi connectivity index (χ0v) is 20.6. The van der Waals surface area contributed by atoms with Gasteiger partial charge in [-0.25, -0.2) is 0 Å². The van der Waals surface area contributed by atoms with Gasteiger partial charge in [-0.05, 0) is 67.7 Å². The van der Waals surface area contributed by atoms with E-state index in [9.17, 15) is 23.1 Å². The number of alkyl halides is 3. The molecule has 1 amide bonds. The van der Waals surface area contributed by atoms with Gasteiger partial charge in [0.25, 0.3) is 5.91 Å². The van der Waals surface area contributed by atoms with Gasteiger partial charge in [-0.15, -0.1) is 0 Å².